The first-order valence-electron chi connectivity index (χ1n) is 5.82. The first-order chi connectivity index (χ1) is 8.07. The third-order valence-electron chi connectivity index (χ3n) is 2.20. The SMILES string of the molecule is COCCC(N)C(=O)NCCOCCN(C)C. The lowest BCUT2D eigenvalue weighted by atomic mass is 10.2. The molecule has 1 atom stereocenters. The van der Waals surface area contributed by atoms with E-state index in [0.29, 0.717) is 32.8 Å². The van der Waals surface area contributed by atoms with E-state index in [1.165, 1.54) is 0 Å². The van der Waals surface area contributed by atoms with Crippen LogP contribution in [0.2, 0.25) is 0 Å². The molecule has 0 aromatic heterocycles. The van der Waals surface area contributed by atoms with Crippen LogP contribution in [0.5, 0.6) is 0 Å². The second-order valence-electron chi connectivity index (χ2n) is 4.09. The second kappa shape index (κ2) is 10.5. The van der Waals surface area contributed by atoms with Crippen molar-refractivity contribution in [2.24, 2.45) is 5.73 Å². The van der Waals surface area contributed by atoms with Crippen molar-refractivity contribution in [3.8, 4) is 0 Å². The summed E-state index contributed by atoms with van der Waals surface area (Å²) in [6.45, 7) is 3.04. The fraction of sp³-hybridized carbons (Fsp3) is 0.909. The molecule has 0 aromatic carbocycles. The smallest absolute Gasteiger partial charge is 0.237 e. The summed E-state index contributed by atoms with van der Waals surface area (Å²) in [6.07, 6.45) is 0.532. The average Bonchev–Trinajstić information content (AvgIpc) is 2.29. The predicted molar refractivity (Wildman–Crippen MR) is 66.9 cm³/mol. The largest absolute Gasteiger partial charge is 0.385 e. The van der Waals surface area contributed by atoms with E-state index in [1.54, 1.807) is 7.11 Å². The highest BCUT2D eigenvalue weighted by molar-refractivity contribution is 5.81. The molecule has 1 unspecified atom stereocenters. The molecule has 0 radical (unpaired) electrons. The molecule has 0 aromatic rings. The number of hydrogen-bond donors (Lipinski definition) is 2. The van der Waals surface area contributed by atoms with E-state index in [-0.39, 0.29) is 5.91 Å². The number of nitrogens with two attached hydrogens (primary N) is 1. The third-order valence-corrected chi connectivity index (χ3v) is 2.20. The van der Waals surface area contributed by atoms with Gasteiger partial charge in [-0.2, -0.15) is 0 Å². The van der Waals surface area contributed by atoms with Crippen LogP contribution in [0.25, 0.3) is 0 Å². The number of carbonyl (C=O) groups excluding carboxylic acids is 1. The standard InChI is InChI=1S/C11H25N3O3/c1-14(2)6-9-17-8-5-13-11(15)10(12)4-7-16-3/h10H,4-9,12H2,1-3H3,(H,13,15). The maximum absolute atomic E-state index is 11.4. The Labute approximate surface area is 103 Å². The van der Waals surface area contributed by atoms with Crippen molar-refractivity contribution >= 4 is 5.91 Å². The van der Waals surface area contributed by atoms with E-state index in [9.17, 15) is 4.79 Å². The van der Waals surface area contributed by atoms with Crippen molar-refractivity contribution in [1.29, 1.82) is 0 Å². The molecule has 0 aliphatic rings. The summed E-state index contributed by atoms with van der Waals surface area (Å²) in [5.41, 5.74) is 5.64. The van der Waals surface area contributed by atoms with Crippen molar-refractivity contribution in [2.45, 2.75) is 12.5 Å². The zero-order valence-electron chi connectivity index (χ0n) is 11.1. The summed E-state index contributed by atoms with van der Waals surface area (Å²) in [5, 5.41) is 2.72. The molecule has 6 nitrogen and oxygen atoms in total. The van der Waals surface area contributed by atoms with Crippen molar-refractivity contribution in [3.05, 3.63) is 0 Å². The summed E-state index contributed by atoms with van der Waals surface area (Å²) < 4.78 is 10.2. The molecular weight excluding hydrogens is 222 g/mol. The number of rotatable bonds is 10. The number of methoxy groups -OCH3 is 1. The van der Waals surface area contributed by atoms with E-state index in [4.69, 9.17) is 15.2 Å². The molecule has 0 aliphatic heterocycles. The first kappa shape index (κ1) is 16.3. The Morgan fingerprint density at radius 2 is 2.06 bits per heavy atom. The van der Waals surface area contributed by atoms with E-state index in [0.717, 1.165) is 6.54 Å². The number of nitrogens with one attached hydrogen (secondary N) is 1. The van der Waals surface area contributed by atoms with E-state index < -0.39 is 6.04 Å². The van der Waals surface area contributed by atoms with Gasteiger partial charge in [0.2, 0.25) is 5.91 Å². The summed E-state index contributed by atoms with van der Waals surface area (Å²) in [5.74, 6) is -0.154. The Balaban J connectivity index is 3.38. The van der Waals surface area contributed by atoms with Crippen LogP contribution in [-0.2, 0) is 14.3 Å². The summed E-state index contributed by atoms with van der Waals surface area (Å²) in [6, 6.07) is -0.503. The maximum Gasteiger partial charge on any atom is 0.237 e. The predicted octanol–water partition coefficient (Wildman–Crippen LogP) is -0.955. The van der Waals surface area contributed by atoms with Crippen molar-refractivity contribution in [1.82, 2.24) is 10.2 Å². The maximum atomic E-state index is 11.4. The Kier molecular flexibility index (Phi) is 10.0. The van der Waals surface area contributed by atoms with Crippen LogP contribution in [0.4, 0.5) is 0 Å². The number of nitrogens with zero attached hydrogens (tertiary/aromatic N) is 1. The van der Waals surface area contributed by atoms with E-state index in [2.05, 4.69) is 5.32 Å². The van der Waals surface area contributed by atoms with Crippen molar-refractivity contribution < 1.29 is 14.3 Å². The van der Waals surface area contributed by atoms with Crippen LogP contribution >= 0.6 is 0 Å². The van der Waals surface area contributed by atoms with Gasteiger partial charge in [-0.25, -0.2) is 0 Å². The zero-order chi connectivity index (χ0) is 13.1. The molecule has 0 saturated carbocycles. The lowest BCUT2D eigenvalue weighted by molar-refractivity contribution is -0.123. The Hall–Kier alpha value is -0.690. The highest BCUT2D eigenvalue weighted by Gasteiger charge is 2.11. The van der Waals surface area contributed by atoms with Gasteiger partial charge >= 0.3 is 0 Å². The van der Waals surface area contributed by atoms with Gasteiger partial charge in [0, 0.05) is 26.8 Å². The minimum atomic E-state index is -0.503. The minimum Gasteiger partial charge on any atom is -0.385 e. The Bertz CT molecular complexity index is 200. The molecule has 0 saturated heterocycles. The number of carbonyl (C=O) groups is 1. The van der Waals surface area contributed by atoms with Crippen molar-refractivity contribution in [3.63, 3.8) is 0 Å². The Morgan fingerprint density at radius 1 is 1.35 bits per heavy atom. The van der Waals surface area contributed by atoms with Gasteiger partial charge in [-0.15, -0.1) is 0 Å². The van der Waals surface area contributed by atoms with Crippen LogP contribution in [-0.4, -0.2) is 71.0 Å². The molecule has 0 spiro atoms. The molecular formula is C11H25N3O3. The number of amides is 1. The lowest BCUT2D eigenvalue weighted by Gasteiger charge is -2.12. The van der Waals surface area contributed by atoms with Gasteiger partial charge in [-0.05, 0) is 20.5 Å². The third kappa shape index (κ3) is 10.2. The second-order valence-corrected chi connectivity index (χ2v) is 4.09. The van der Waals surface area contributed by atoms with E-state index >= 15 is 0 Å². The molecule has 102 valence electrons. The highest BCUT2D eigenvalue weighted by atomic mass is 16.5. The number of hydrogen-bond acceptors (Lipinski definition) is 5. The topological polar surface area (TPSA) is 76.8 Å². The number of likely N-dealkylation sites (N-methyl/N-ethyl adjacent to an activating group) is 1. The lowest BCUT2D eigenvalue weighted by Crippen LogP contribution is -2.42. The molecule has 0 rings (SSSR count). The summed E-state index contributed by atoms with van der Waals surface area (Å²) >= 11 is 0. The molecule has 0 fully saturated rings. The molecule has 17 heavy (non-hydrogen) atoms. The molecule has 0 heterocycles. The fourth-order valence-corrected chi connectivity index (χ4v) is 1.10. The fourth-order valence-electron chi connectivity index (χ4n) is 1.10. The van der Waals surface area contributed by atoms with Gasteiger partial charge in [-0.3, -0.25) is 4.79 Å². The van der Waals surface area contributed by atoms with Gasteiger partial charge < -0.3 is 25.4 Å². The van der Waals surface area contributed by atoms with Crippen LogP contribution in [0, 0.1) is 0 Å². The monoisotopic (exact) mass is 247 g/mol. The van der Waals surface area contributed by atoms with Gasteiger partial charge in [0.1, 0.15) is 0 Å². The minimum absolute atomic E-state index is 0.154. The number of ether oxygens (including phenoxy) is 2. The Morgan fingerprint density at radius 3 is 2.65 bits per heavy atom. The molecule has 3 N–H and O–H groups in total. The van der Waals surface area contributed by atoms with Crippen LogP contribution < -0.4 is 11.1 Å². The van der Waals surface area contributed by atoms with Crippen LogP contribution in [0.3, 0.4) is 0 Å². The van der Waals surface area contributed by atoms with Gasteiger partial charge in [0.15, 0.2) is 0 Å². The van der Waals surface area contributed by atoms with Crippen molar-refractivity contribution in [2.75, 3.05) is 54.1 Å². The summed E-state index contributed by atoms with van der Waals surface area (Å²) in [7, 11) is 5.56. The van der Waals surface area contributed by atoms with Gasteiger partial charge in [0.05, 0.1) is 19.3 Å². The van der Waals surface area contributed by atoms with Gasteiger partial charge in [-0.1, -0.05) is 0 Å². The average molecular weight is 247 g/mol. The molecule has 0 aliphatic carbocycles. The van der Waals surface area contributed by atoms with Gasteiger partial charge in [0.25, 0.3) is 0 Å². The molecule has 6 heteroatoms. The normalized spacial score (nSPS) is 12.8. The zero-order valence-corrected chi connectivity index (χ0v) is 11.1. The van der Waals surface area contributed by atoms with Crippen LogP contribution in [0.1, 0.15) is 6.42 Å². The van der Waals surface area contributed by atoms with Crippen LogP contribution in [0.15, 0.2) is 0 Å². The quantitative estimate of drug-likeness (QED) is 0.487. The molecule has 0 bridgehead atoms. The van der Waals surface area contributed by atoms with E-state index in [1.807, 2.05) is 19.0 Å². The molecule has 1 amide bonds. The summed E-state index contributed by atoms with van der Waals surface area (Å²) in [4.78, 5) is 13.5. The highest BCUT2D eigenvalue weighted by Crippen LogP contribution is 1.88. The first-order valence-corrected chi connectivity index (χ1v) is 5.82.